The Morgan fingerprint density at radius 3 is 2.87 bits per heavy atom. The van der Waals surface area contributed by atoms with Gasteiger partial charge in [0.1, 0.15) is 18.1 Å². The number of rotatable bonds is 5. The van der Waals surface area contributed by atoms with Crippen LogP contribution in [-0.2, 0) is 15.9 Å². The minimum Gasteiger partial charge on any atom is -0.469 e. The molecule has 0 saturated carbocycles. The maximum Gasteiger partial charge on any atom is 0.374 e. The Morgan fingerprint density at radius 2 is 2.17 bits per heavy atom. The second-order valence-corrected chi connectivity index (χ2v) is 5.53. The van der Waals surface area contributed by atoms with Crippen LogP contribution in [0.2, 0.25) is 0 Å². The maximum absolute atomic E-state index is 12.4. The van der Waals surface area contributed by atoms with E-state index in [9.17, 15) is 9.59 Å². The lowest BCUT2D eigenvalue weighted by Gasteiger charge is -2.18. The van der Waals surface area contributed by atoms with Gasteiger partial charge in [0.15, 0.2) is 5.78 Å². The van der Waals surface area contributed by atoms with Gasteiger partial charge in [0, 0.05) is 31.4 Å². The fourth-order valence-electron chi connectivity index (χ4n) is 2.91. The Morgan fingerprint density at radius 1 is 1.35 bits per heavy atom. The molecule has 6 nitrogen and oxygen atoms in total. The Bertz CT molecular complexity index is 710. The van der Waals surface area contributed by atoms with Crippen LogP contribution >= 0.6 is 0 Å². The first-order valence-electron chi connectivity index (χ1n) is 7.46. The topological polar surface area (TPSA) is 78.9 Å². The third-order valence-corrected chi connectivity index (χ3v) is 4.01. The highest BCUT2D eigenvalue weighted by Gasteiger charge is 2.35. The van der Waals surface area contributed by atoms with Crippen molar-refractivity contribution >= 4 is 11.8 Å². The molecule has 0 amide bonds. The van der Waals surface area contributed by atoms with E-state index in [4.69, 9.17) is 18.3 Å². The number of furan rings is 2. The zero-order valence-electron chi connectivity index (χ0n) is 13.1. The van der Waals surface area contributed by atoms with Gasteiger partial charge in [-0.25, -0.2) is 4.79 Å². The molecular formula is C17H18O6. The second kappa shape index (κ2) is 6.42. The zero-order valence-corrected chi connectivity index (χ0v) is 13.1. The highest BCUT2D eigenvalue weighted by Crippen LogP contribution is 2.37. The summed E-state index contributed by atoms with van der Waals surface area (Å²) in [6.45, 7) is 2.16. The molecule has 1 atom stereocenters. The number of ketones is 1. The van der Waals surface area contributed by atoms with Gasteiger partial charge in [-0.05, 0) is 19.1 Å². The highest BCUT2D eigenvalue weighted by molar-refractivity contribution is 6.02. The molecule has 0 fully saturated rings. The van der Waals surface area contributed by atoms with Crippen LogP contribution in [0.3, 0.4) is 0 Å². The predicted octanol–water partition coefficient (Wildman–Crippen LogP) is 2.90. The lowest BCUT2D eigenvalue weighted by Crippen LogP contribution is -2.17. The molecule has 23 heavy (non-hydrogen) atoms. The number of carbonyl (C=O) groups excluding carboxylic acids is 2. The van der Waals surface area contributed by atoms with Gasteiger partial charge in [0.2, 0.25) is 5.76 Å². The van der Waals surface area contributed by atoms with Gasteiger partial charge in [-0.1, -0.05) is 0 Å². The van der Waals surface area contributed by atoms with Crippen molar-refractivity contribution in [3.63, 3.8) is 0 Å². The summed E-state index contributed by atoms with van der Waals surface area (Å²) in [6.07, 6.45) is 2.46. The van der Waals surface area contributed by atoms with E-state index >= 15 is 0 Å². The van der Waals surface area contributed by atoms with E-state index in [1.165, 1.54) is 7.11 Å². The van der Waals surface area contributed by atoms with Crippen molar-refractivity contribution in [3.05, 3.63) is 46.8 Å². The molecule has 0 saturated heterocycles. The summed E-state index contributed by atoms with van der Waals surface area (Å²) in [5.74, 6) is 0.703. The van der Waals surface area contributed by atoms with Crippen LogP contribution < -0.4 is 0 Å². The van der Waals surface area contributed by atoms with E-state index in [1.807, 2.05) is 6.07 Å². The molecule has 1 unspecified atom stereocenters. The van der Waals surface area contributed by atoms with E-state index in [-0.39, 0.29) is 24.1 Å². The van der Waals surface area contributed by atoms with Crippen molar-refractivity contribution in [1.82, 2.24) is 0 Å². The van der Waals surface area contributed by atoms with Crippen LogP contribution in [0.25, 0.3) is 0 Å². The average molecular weight is 318 g/mol. The van der Waals surface area contributed by atoms with E-state index in [1.54, 1.807) is 19.3 Å². The monoisotopic (exact) mass is 318 g/mol. The first kappa shape index (κ1) is 15.6. The second-order valence-electron chi connectivity index (χ2n) is 5.53. The number of Topliss-reactive ketones (excluding diaryl/α,β-unsaturated/α-hetero) is 1. The summed E-state index contributed by atoms with van der Waals surface area (Å²) in [5, 5.41) is 0. The largest absolute Gasteiger partial charge is 0.469 e. The Kier molecular flexibility index (Phi) is 4.34. The smallest absolute Gasteiger partial charge is 0.374 e. The van der Waals surface area contributed by atoms with Crippen LogP contribution in [0.1, 0.15) is 50.3 Å². The number of hydrogen-bond acceptors (Lipinski definition) is 6. The fraction of sp³-hybridized carbons (Fsp3) is 0.412. The Labute approximate surface area is 133 Å². The van der Waals surface area contributed by atoms with Crippen molar-refractivity contribution < 1.29 is 27.9 Å². The van der Waals surface area contributed by atoms with Gasteiger partial charge in [-0.3, -0.25) is 4.79 Å². The Hall–Kier alpha value is -2.34. The first-order chi connectivity index (χ1) is 11.1. The summed E-state index contributed by atoms with van der Waals surface area (Å²) in [7, 11) is 1.53. The van der Waals surface area contributed by atoms with Gasteiger partial charge in [-0.15, -0.1) is 0 Å². The molecule has 2 heterocycles. The summed E-state index contributed by atoms with van der Waals surface area (Å²) in [5.41, 5.74) is 1.05. The molecule has 0 bridgehead atoms. The van der Waals surface area contributed by atoms with Gasteiger partial charge in [0.05, 0.1) is 18.4 Å². The van der Waals surface area contributed by atoms with E-state index in [0.29, 0.717) is 36.3 Å². The van der Waals surface area contributed by atoms with Crippen LogP contribution in [0.15, 0.2) is 27.2 Å². The minimum atomic E-state index is -0.573. The molecule has 0 spiro atoms. The summed E-state index contributed by atoms with van der Waals surface area (Å²) in [6, 6.07) is 3.64. The number of methoxy groups -OCH3 is 1. The summed E-state index contributed by atoms with van der Waals surface area (Å²) in [4.78, 5) is 24.5. The molecule has 0 aliphatic heterocycles. The molecule has 2 aromatic heterocycles. The standard InChI is InChI=1S/C17H18O6/c1-10-15-12(18)8-11(13-4-3-5-21-13)9-14(15)23-16(10)17(19)22-7-6-20-2/h3-5,11H,6-9H2,1-2H3. The Balaban J connectivity index is 1.84. The van der Waals surface area contributed by atoms with Crippen LogP contribution in [0.5, 0.6) is 0 Å². The molecule has 122 valence electrons. The average Bonchev–Trinajstić information content (AvgIpc) is 3.15. The van der Waals surface area contributed by atoms with E-state index in [2.05, 4.69) is 0 Å². The molecule has 6 heteroatoms. The molecule has 0 aromatic carbocycles. The third-order valence-electron chi connectivity index (χ3n) is 4.01. The highest BCUT2D eigenvalue weighted by atomic mass is 16.6. The summed E-state index contributed by atoms with van der Waals surface area (Å²) < 4.78 is 21.0. The number of ether oxygens (including phenoxy) is 2. The van der Waals surface area contributed by atoms with Crippen molar-refractivity contribution in [1.29, 1.82) is 0 Å². The number of carbonyl (C=O) groups is 2. The van der Waals surface area contributed by atoms with Crippen molar-refractivity contribution in [2.75, 3.05) is 20.3 Å². The molecular weight excluding hydrogens is 300 g/mol. The lowest BCUT2D eigenvalue weighted by molar-refractivity contribution is 0.0351. The van der Waals surface area contributed by atoms with Gasteiger partial charge in [-0.2, -0.15) is 0 Å². The number of hydrogen-bond donors (Lipinski definition) is 0. The SMILES string of the molecule is COCCOC(=O)c1oc2c(c1C)C(=O)CC(c1ccco1)C2. The van der Waals surface area contributed by atoms with Gasteiger partial charge >= 0.3 is 5.97 Å². The zero-order chi connectivity index (χ0) is 16.4. The van der Waals surface area contributed by atoms with Crippen molar-refractivity contribution in [3.8, 4) is 0 Å². The molecule has 1 aliphatic carbocycles. The van der Waals surface area contributed by atoms with Gasteiger partial charge < -0.3 is 18.3 Å². The van der Waals surface area contributed by atoms with Gasteiger partial charge in [0.25, 0.3) is 0 Å². The molecule has 0 N–H and O–H groups in total. The van der Waals surface area contributed by atoms with E-state index < -0.39 is 5.97 Å². The van der Waals surface area contributed by atoms with Crippen LogP contribution in [0.4, 0.5) is 0 Å². The number of esters is 1. The summed E-state index contributed by atoms with van der Waals surface area (Å²) >= 11 is 0. The molecule has 2 aromatic rings. The van der Waals surface area contributed by atoms with Crippen LogP contribution in [-0.4, -0.2) is 32.1 Å². The van der Waals surface area contributed by atoms with Crippen molar-refractivity contribution in [2.24, 2.45) is 0 Å². The van der Waals surface area contributed by atoms with Crippen LogP contribution in [0, 0.1) is 6.92 Å². The number of fused-ring (bicyclic) bond motifs is 1. The minimum absolute atomic E-state index is 0.0372. The maximum atomic E-state index is 12.4. The molecule has 0 radical (unpaired) electrons. The molecule has 1 aliphatic rings. The quantitative estimate of drug-likeness (QED) is 0.623. The normalized spacial score (nSPS) is 17.1. The first-order valence-corrected chi connectivity index (χ1v) is 7.46. The fourth-order valence-corrected chi connectivity index (χ4v) is 2.91. The van der Waals surface area contributed by atoms with E-state index in [0.717, 1.165) is 5.76 Å². The lowest BCUT2D eigenvalue weighted by atomic mass is 9.84. The third kappa shape index (κ3) is 2.94. The van der Waals surface area contributed by atoms with Crippen molar-refractivity contribution in [2.45, 2.75) is 25.7 Å². The predicted molar refractivity (Wildman–Crippen MR) is 79.7 cm³/mol. The molecule has 3 rings (SSSR count).